The molecule has 1 aliphatic heterocycles. The molecule has 1 unspecified atom stereocenters. The van der Waals surface area contributed by atoms with Crippen LogP contribution < -0.4 is 5.32 Å². The standard InChI is InChI=1S/C18H24N4OS.C2HF3O2/c1-13-4-5-24-17(13)11-21-9-15-7-19-12-22(15)16(10-21)8-20-18(23)6-14-2-3-14;3-2(4,5)1(6)7/h4-5,7,12,14,16H,2-3,6,8-11H2,1H3,(H,20,23);(H,6,7). The van der Waals surface area contributed by atoms with Gasteiger partial charge in [-0.25, -0.2) is 9.78 Å². The average molecular weight is 459 g/mol. The minimum absolute atomic E-state index is 0.199. The fourth-order valence-electron chi connectivity index (χ4n) is 3.40. The summed E-state index contributed by atoms with van der Waals surface area (Å²) >= 11 is 1.83. The van der Waals surface area contributed by atoms with Crippen LogP contribution in [-0.2, 0) is 22.7 Å². The number of hydrogen-bond donors (Lipinski definition) is 2. The Kier molecular flexibility index (Phi) is 7.37. The van der Waals surface area contributed by atoms with Crippen LogP contribution in [0.2, 0.25) is 0 Å². The molecule has 2 aromatic rings. The number of carboxylic acids is 1. The molecule has 7 nitrogen and oxygen atoms in total. The number of nitrogens with one attached hydrogen (secondary N) is 1. The zero-order chi connectivity index (χ0) is 22.6. The number of imidazole rings is 1. The number of nitrogens with zero attached hydrogens (tertiary/aromatic N) is 3. The maximum Gasteiger partial charge on any atom is 0.490 e. The molecule has 2 aromatic heterocycles. The molecule has 31 heavy (non-hydrogen) atoms. The molecule has 1 atom stereocenters. The molecule has 0 saturated heterocycles. The van der Waals surface area contributed by atoms with Gasteiger partial charge in [0.2, 0.25) is 5.91 Å². The highest BCUT2D eigenvalue weighted by Gasteiger charge is 2.38. The molecular formula is C20H25F3N4O3S. The van der Waals surface area contributed by atoms with Crippen molar-refractivity contribution >= 4 is 23.2 Å². The van der Waals surface area contributed by atoms with Gasteiger partial charge in [-0.2, -0.15) is 13.2 Å². The summed E-state index contributed by atoms with van der Waals surface area (Å²) in [5.41, 5.74) is 2.60. The molecule has 11 heteroatoms. The molecule has 170 valence electrons. The van der Waals surface area contributed by atoms with E-state index in [1.807, 2.05) is 23.9 Å². The van der Waals surface area contributed by atoms with E-state index in [9.17, 15) is 18.0 Å². The van der Waals surface area contributed by atoms with Crippen molar-refractivity contribution in [2.75, 3.05) is 13.1 Å². The second kappa shape index (κ2) is 9.82. The van der Waals surface area contributed by atoms with E-state index in [1.165, 1.54) is 29.0 Å². The third-order valence-electron chi connectivity index (χ3n) is 5.28. The number of aliphatic carboxylic acids is 1. The highest BCUT2D eigenvalue weighted by atomic mass is 32.1. The van der Waals surface area contributed by atoms with E-state index in [4.69, 9.17) is 9.90 Å². The summed E-state index contributed by atoms with van der Waals surface area (Å²) in [6.45, 7) is 5.71. The highest BCUT2D eigenvalue weighted by Crippen LogP contribution is 2.32. The largest absolute Gasteiger partial charge is 0.490 e. The van der Waals surface area contributed by atoms with Gasteiger partial charge in [0.1, 0.15) is 0 Å². The summed E-state index contributed by atoms with van der Waals surface area (Å²) in [6.07, 6.45) is 1.90. The molecule has 4 rings (SSSR count). The first-order valence-electron chi connectivity index (χ1n) is 9.96. The Morgan fingerprint density at radius 2 is 2.06 bits per heavy atom. The lowest BCUT2D eigenvalue weighted by molar-refractivity contribution is -0.192. The predicted octanol–water partition coefficient (Wildman–Crippen LogP) is 3.36. The molecular weight excluding hydrogens is 433 g/mol. The van der Waals surface area contributed by atoms with E-state index < -0.39 is 12.1 Å². The number of aryl methyl sites for hydroxylation is 1. The Bertz CT molecular complexity index is 908. The number of carbonyl (C=O) groups is 2. The number of halogens is 3. The first-order chi connectivity index (χ1) is 14.6. The summed E-state index contributed by atoms with van der Waals surface area (Å²) in [5, 5.41) is 12.4. The number of carbonyl (C=O) groups excluding carboxylic acids is 1. The van der Waals surface area contributed by atoms with Gasteiger partial charge in [-0.15, -0.1) is 11.3 Å². The van der Waals surface area contributed by atoms with E-state index >= 15 is 0 Å². The van der Waals surface area contributed by atoms with Gasteiger partial charge in [0, 0.05) is 43.7 Å². The maximum absolute atomic E-state index is 12.0. The van der Waals surface area contributed by atoms with Crippen molar-refractivity contribution in [3.8, 4) is 0 Å². The highest BCUT2D eigenvalue weighted by molar-refractivity contribution is 7.10. The molecule has 1 amide bonds. The first kappa shape index (κ1) is 23.3. The summed E-state index contributed by atoms with van der Waals surface area (Å²) in [4.78, 5) is 29.1. The number of rotatable bonds is 6. The maximum atomic E-state index is 12.0. The van der Waals surface area contributed by atoms with E-state index in [2.05, 4.69) is 38.1 Å². The van der Waals surface area contributed by atoms with Crippen molar-refractivity contribution in [3.63, 3.8) is 0 Å². The molecule has 2 N–H and O–H groups in total. The van der Waals surface area contributed by atoms with Crippen LogP contribution in [-0.4, -0.2) is 50.7 Å². The van der Waals surface area contributed by atoms with Crippen molar-refractivity contribution < 1.29 is 27.9 Å². The molecule has 2 aliphatic rings. The van der Waals surface area contributed by atoms with Gasteiger partial charge in [-0.05, 0) is 42.7 Å². The lowest BCUT2D eigenvalue weighted by atomic mass is 10.1. The molecule has 0 spiro atoms. The van der Waals surface area contributed by atoms with E-state index in [0.29, 0.717) is 18.9 Å². The number of alkyl halides is 3. The van der Waals surface area contributed by atoms with Crippen LogP contribution in [0, 0.1) is 12.8 Å². The first-order valence-corrected chi connectivity index (χ1v) is 10.8. The Labute approximate surface area is 181 Å². The van der Waals surface area contributed by atoms with Crippen molar-refractivity contribution in [2.24, 2.45) is 5.92 Å². The van der Waals surface area contributed by atoms with Crippen LogP contribution in [0.4, 0.5) is 13.2 Å². The van der Waals surface area contributed by atoms with Gasteiger partial charge in [-0.1, -0.05) is 0 Å². The Balaban J connectivity index is 0.000000339. The third-order valence-corrected chi connectivity index (χ3v) is 6.29. The number of thiophene rings is 1. The third kappa shape index (κ3) is 6.79. The summed E-state index contributed by atoms with van der Waals surface area (Å²) in [7, 11) is 0. The number of amides is 1. The van der Waals surface area contributed by atoms with Gasteiger partial charge >= 0.3 is 12.1 Å². The average Bonchev–Trinajstić information content (AvgIpc) is 3.21. The lowest BCUT2D eigenvalue weighted by Gasteiger charge is -2.34. The lowest BCUT2D eigenvalue weighted by Crippen LogP contribution is -2.42. The van der Waals surface area contributed by atoms with Crippen molar-refractivity contribution in [1.82, 2.24) is 19.8 Å². The van der Waals surface area contributed by atoms with Crippen LogP contribution >= 0.6 is 11.3 Å². The monoisotopic (exact) mass is 458 g/mol. The number of fused-ring (bicyclic) bond motifs is 1. The van der Waals surface area contributed by atoms with E-state index in [1.54, 1.807) is 0 Å². The second-order valence-corrected chi connectivity index (χ2v) is 8.90. The zero-order valence-electron chi connectivity index (χ0n) is 17.1. The van der Waals surface area contributed by atoms with Crippen LogP contribution in [0.25, 0.3) is 0 Å². The molecule has 0 bridgehead atoms. The van der Waals surface area contributed by atoms with Gasteiger partial charge in [0.25, 0.3) is 0 Å². The van der Waals surface area contributed by atoms with Gasteiger partial charge in [-0.3, -0.25) is 9.69 Å². The SMILES string of the molecule is Cc1ccsc1CN1Cc2cncn2C(CNC(=O)CC2CC2)C1.O=C(O)C(F)(F)F. The van der Waals surface area contributed by atoms with Gasteiger partial charge in [0.05, 0.1) is 18.1 Å². The second-order valence-electron chi connectivity index (χ2n) is 7.90. The quantitative estimate of drug-likeness (QED) is 0.693. The van der Waals surface area contributed by atoms with Gasteiger partial charge < -0.3 is 15.0 Å². The van der Waals surface area contributed by atoms with E-state index in [-0.39, 0.29) is 11.9 Å². The fourth-order valence-corrected chi connectivity index (χ4v) is 4.35. The normalized spacial score (nSPS) is 18.6. The Morgan fingerprint density at radius 3 is 2.65 bits per heavy atom. The van der Waals surface area contributed by atoms with Crippen molar-refractivity contribution in [1.29, 1.82) is 0 Å². The molecule has 1 fully saturated rings. The van der Waals surface area contributed by atoms with Crippen LogP contribution in [0.1, 0.15) is 41.4 Å². The van der Waals surface area contributed by atoms with Crippen LogP contribution in [0.15, 0.2) is 24.0 Å². The summed E-state index contributed by atoms with van der Waals surface area (Å²) in [5.74, 6) is -1.92. The Hall–Kier alpha value is -2.40. The number of hydrogen-bond acceptors (Lipinski definition) is 5. The van der Waals surface area contributed by atoms with Crippen LogP contribution in [0.5, 0.6) is 0 Å². The molecule has 0 radical (unpaired) electrons. The van der Waals surface area contributed by atoms with Gasteiger partial charge in [0.15, 0.2) is 0 Å². The summed E-state index contributed by atoms with van der Waals surface area (Å²) < 4.78 is 34.0. The predicted molar refractivity (Wildman–Crippen MR) is 108 cm³/mol. The fraction of sp³-hybridized carbons (Fsp3) is 0.550. The number of aromatic nitrogens is 2. The smallest absolute Gasteiger partial charge is 0.475 e. The van der Waals surface area contributed by atoms with Crippen LogP contribution in [0.3, 0.4) is 0 Å². The summed E-state index contributed by atoms with van der Waals surface area (Å²) in [6, 6.07) is 2.45. The zero-order valence-corrected chi connectivity index (χ0v) is 17.9. The van der Waals surface area contributed by atoms with Crippen molar-refractivity contribution in [2.45, 2.75) is 51.5 Å². The topological polar surface area (TPSA) is 87.5 Å². The van der Waals surface area contributed by atoms with E-state index in [0.717, 1.165) is 19.6 Å². The molecule has 1 aliphatic carbocycles. The number of carboxylic acid groups (broad SMARTS) is 1. The minimum atomic E-state index is -5.08. The van der Waals surface area contributed by atoms with Crippen molar-refractivity contribution in [3.05, 3.63) is 40.1 Å². The molecule has 0 aromatic carbocycles. The minimum Gasteiger partial charge on any atom is -0.475 e. The molecule has 1 saturated carbocycles. The Morgan fingerprint density at radius 1 is 1.35 bits per heavy atom. The molecule has 3 heterocycles.